The largest absolute Gasteiger partial charge is 0.435 e. The Morgan fingerprint density at radius 3 is 2.90 bits per heavy atom. The molecule has 0 aliphatic heterocycles. The highest BCUT2D eigenvalue weighted by Gasteiger charge is 2.12. The minimum absolute atomic E-state index is 0.126. The minimum atomic E-state index is -0.452. The summed E-state index contributed by atoms with van der Waals surface area (Å²) < 4.78 is 20.1. The summed E-state index contributed by atoms with van der Waals surface area (Å²) in [6.45, 7) is 0. The van der Waals surface area contributed by atoms with Crippen LogP contribution in [0, 0.1) is 5.82 Å². The number of thiophene rings is 1. The fourth-order valence-electron chi connectivity index (χ4n) is 1.68. The first-order valence-corrected chi connectivity index (χ1v) is 7.40. The van der Waals surface area contributed by atoms with Crippen LogP contribution in [0.2, 0.25) is 0 Å². The van der Waals surface area contributed by atoms with Gasteiger partial charge in [0, 0.05) is 11.5 Å². The molecule has 0 aliphatic rings. The van der Waals surface area contributed by atoms with Gasteiger partial charge in [-0.2, -0.15) is 4.98 Å². The lowest BCUT2D eigenvalue weighted by Crippen LogP contribution is -1.99. The van der Waals surface area contributed by atoms with Crippen LogP contribution in [0.25, 0.3) is 10.2 Å². The third-order valence-electron chi connectivity index (χ3n) is 2.61. The molecule has 1 N–H and O–H groups in total. The van der Waals surface area contributed by atoms with E-state index in [0.29, 0.717) is 16.3 Å². The smallest absolute Gasteiger partial charge is 0.233 e. The van der Waals surface area contributed by atoms with Crippen molar-refractivity contribution in [2.45, 2.75) is 0 Å². The van der Waals surface area contributed by atoms with E-state index in [1.165, 1.54) is 17.4 Å². The number of aromatic nitrogens is 2. The van der Waals surface area contributed by atoms with Gasteiger partial charge in [0.1, 0.15) is 4.83 Å². The van der Waals surface area contributed by atoms with Gasteiger partial charge in [-0.25, -0.2) is 9.37 Å². The molecule has 0 fully saturated rings. The molecule has 0 spiro atoms. The standard InChI is InChI=1S/C13H9BrFN3OS/c1-16-13-17-11(8-4-5-20-12(8)18-13)19-10-3-2-7(14)6-9(10)15/h2-6H,1H3,(H,16,17,18). The number of anilines is 1. The fraction of sp³-hybridized carbons (Fsp3) is 0.0769. The Kier molecular flexibility index (Phi) is 3.54. The van der Waals surface area contributed by atoms with Gasteiger partial charge in [0.15, 0.2) is 11.6 Å². The first kappa shape index (κ1) is 13.3. The summed E-state index contributed by atoms with van der Waals surface area (Å²) in [7, 11) is 1.72. The van der Waals surface area contributed by atoms with Crippen molar-refractivity contribution in [3.05, 3.63) is 39.9 Å². The predicted octanol–water partition coefficient (Wildman–Crippen LogP) is 4.43. The lowest BCUT2D eigenvalue weighted by Gasteiger charge is -2.08. The van der Waals surface area contributed by atoms with Gasteiger partial charge in [-0.1, -0.05) is 15.9 Å². The van der Waals surface area contributed by atoms with Crippen molar-refractivity contribution in [1.82, 2.24) is 9.97 Å². The average molecular weight is 354 g/mol. The SMILES string of the molecule is CNc1nc(Oc2ccc(Br)cc2F)c2ccsc2n1. The molecule has 4 nitrogen and oxygen atoms in total. The zero-order valence-corrected chi connectivity index (χ0v) is 12.8. The van der Waals surface area contributed by atoms with Gasteiger partial charge in [-0.05, 0) is 29.6 Å². The van der Waals surface area contributed by atoms with Crippen LogP contribution < -0.4 is 10.1 Å². The number of fused-ring (bicyclic) bond motifs is 1. The van der Waals surface area contributed by atoms with E-state index in [-0.39, 0.29) is 5.75 Å². The molecule has 0 saturated carbocycles. The Morgan fingerprint density at radius 2 is 2.15 bits per heavy atom. The zero-order chi connectivity index (χ0) is 14.1. The van der Waals surface area contributed by atoms with Gasteiger partial charge in [0.05, 0.1) is 5.39 Å². The van der Waals surface area contributed by atoms with Crippen LogP contribution in [0.1, 0.15) is 0 Å². The molecule has 2 heterocycles. The molecule has 0 bridgehead atoms. The van der Waals surface area contributed by atoms with Crippen LogP contribution >= 0.6 is 27.3 Å². The number of ether oxygens (including phenoxy) is 1. The maximum atomic E-state index is 13.8. The third kappa shape index (κ3) is 2.46. The first-order valence-electron chi connectivity index (χ1n) is 5.73. The Labute approximate surface area is 126 Å². The van der Waals surface area contributed by atoms with Crippen molar-refractivity contribution in [2.24, 2.45) is 0 Å². The summed E-state index contributed by atoms with van der Waals surface area (Å²) in [6.07, 6.45) is 0. The molecule has 7 heteroatoms. The topological polar surface area (TPSA) is 47.0 Å². The van der Waals surface area contributed by atoms with Gasteiger partial charge in [0.25, 0.3) is 0 Å². The van der Waals surface area contributed by atoms with E-state index in [4.69, 9.17) is 4.74 Å². The molecule has 0 radical (unpaired) electrons. The second-order valence-electron chi connectivity index (χ2n) is 3.92. The van der Waals surface area contributed by atoms with Crippen molar-refractivity contribution in [3.8, 4) is 11.6 Å². The second-order valence-corrected chi connectivity index (χ2v) is 5.73. The molecule has 102 valence electrons. The van der Waals surface area contributed by atoms with E-state index >= 15 is 0 Å². The van der Waals surface area contributed by atoms with Gasteiger partial charge in [-0.3, -0.25) is 0 Å². The molecule has 1 aromatic carbocycles. The van der Waals surface area contributed by atoms with Crippen molar-refractivity contribution in [1.29, 1.82) is 0 Å². The number of rotatable bonds is 3. The summed E-state index contributed by atoms with van der Waals surface area (Å²) in [4.78, 5) is 9.33. The highest BCUT2D eigenvalue weighted by Crippen LogP contribution is 2.33. The summed E-state index contributed by atoms with van der Waals surface area (Å²) in [6, 6.07) is 6.47. The van der Waals surface area contributed by atoms with Crippen LogP contribution in [-0.4, -0.2) is 17.0 Å². The Bertz CT molecular complexity index is 777. The summed E-state index contributed by atoms with van der Waals surface area (Å²) in [5.41, 5.74) is 0. The van der Waals surface area contributed by atoms with Gasteiger partial charge in [0.2, 0.25) is 11.8 Å². The number of nitrogens with zero attached hydrogens (tertiary/aromatic N) is 2. The molecular formula is C13H9BrFN3OS. The van der Waals surface area contributed by atoms with Gasteiger partial charge < -0.3 is 10.1 Å². The summed E-state index contributed by atoms with van der Waals surface area (Å²) in [5.74, 6) is 0.447. The lowest BCUT2D eigenvalue weighted by molar-refractivity contribution is 0.432. The number of halogens is 2. The van der Waals surface area contributed by atoms with E-state index in [2.05, 4.69) is 31.2 Å². The molecule has 0 unspecified atom stereocenters. The van der Waals surface area contributed by atoms with Crippen molar-refractivity contribution in [2.75, 3.05) is 12.4 Å². The highest BCUT2D eigenvalue weighted by molar-refractivity contribution is 9.10. The molecule has 0 aliphatic carbocycles. The minimum Gasteiger partial charge on any atom is -0.435 e. The van der Waals surface area contributed by atoms with E-state index in [1.54, 1.807) is 19.2 Å². The quantitative estimate of drug-likeness (QED) is 0.756. The van der Waals surface area contributed by atoms with E-state index in [0.717, 1.165) is 10.2 Å². The van der Waals surface area contributed by atoms with Crippen LogP contribution in [0.5, 0.6) is 11.6 Å². The number of benzene rings is 1. The average Bonchev–Trinajstić information content (AvgIpc) is 2.90. The molecule has 0 atom stereocenters. The molecule has 0 amide bonds. The number of hydrogen-bond acceptors (Lipinski definition) is 5. The van der Waals surface area contributed by atoms with Crippen LogP contribution in [0.4, 0.5) is 10.3 Å². The first-order chi connectivity index (χ1) is 9.67. The molecule has 2 aromatic heterocycles. The number of hydrogen-bond donors (Lipinski definition) is 1. The fourth-order valence-corrected chi connectivity index (χ4v) is 2.77. The van der Waals surface area contributed by atoms with Crippen LogP contribution in [0.3, 0.4) is 0 Å². The van der Waals surface area contributed by atoms with E-state index in [1.807, 2.05) is 11.4 Å². The molecule has 20 heavy (non-hydrogen) atoms. The summed E-state index contributed by atoms with van der Waals surface area (Å²) >= 11 is 4.68. The molecule has 0 saturated heterocycles. The maximum Gasteiger partial charge on any atom is 0.233 e. The molecular weight excluding hydrogens is 345 g/mol. The van der Waals surface area contributed by atoms with E-state index < -0.39 is 5.82 Å². The Hall–Kier alpha value is -1.73. The van der Waals surface area contributed by atoms with Crippen molar-refractivity contribution in [3.63, 3.8) is 0 Å². The number of nitrogens with one attached hydrogen (secondary N) is 1. The van der Waals surface area contributed by atoms with Crippen molar-refractivity contribution < 1.29 is 9.13 Å². The third-order valence-corrected chi connectivity index (χ3v) is 3.91. The van der Waals surface area contributed by atoms with Gasteiger partial charge in [-0.15, -0.1) is 11.3 Å². The van der Waals surface area contributed by atoms with Crippen molar-refractivity contribution >= 4 is 43.4 Å². The van der Waals surface area contributed by atoms with E-state index in [9.17, 15) is 4.39 Å². The monoisotopic (exact) mass is 353 g/mol. The lowest BCUT2D eigenvalue weighted by atomic mass is 10.3. The molecule has 3 aromatic rings. The Balaban J connectivity index is 2.07. The van der Waals surface area contributed by atoms with Crippen LogP contribution in [0.15, 0.2) is 34.1 Å². The second kappa shape index (κ2) is 5.34. The Morgan fingerprint density at radius 1 is 1.30 bits per heavy atom. The normalized spacial score (nSPS) is 10.8. The summed E-state index contributed by atoms with van der Waals surface area (Å²) in [5, 5.41) is 5.51. The maximum absolute atomic E-state index is 13.8. The van der Waals surface area contributed by atoms with Crippen LogP contribution in [-0.2, 0) is 0 Å². The molecule has 3 rings (SSSR count). The zero-order valence-electron chi connectivity index (χ0n) is 10.4. The predicted molar refractivity (Wildman–Crippen MR) is 81.1 cm³/mol. The highest BCUT2D eigenvalue weighted by atomic mass is 79.9. The van der Waals surface area contributed by atoms with Gasteiger partial charge >= 0.3 is 0 Å².